The average molecular weight is 395 g/mol. The number of aryl methyl sites for hydroxylation is 1. The Morgan fingerprint density at radius 2 is 1.93 bits per heavy atom. The highest BCUT2D eigenvalue weighted by Crippen LogP contribution is 2.30. The van der Waals surface area contributed by atoms with Gasteiger partial charge in [0.1, 0.15) is 18.5 Å². The zero-order valence-corrected chi connectivity index (χ0v) is 17.6. The monoisotopic (exact) mass is 394 g/mol. The lowest BCUT2D eigenvalue weighted by atomic mass is 10.1. The number of aliphatic hydroxyl groups excluding tert-OH is 1. The van der Waals surface area contributed by atoms with Gasteiger partial charge >= 0.3 is 0 Å². The Kier molecular flexibility index (Phi) is 6.72. The van der Waals surface area contributed by atoms with E-state index in [1.165, 1.54) is 5.56 Å². The van der Waals surface area contributed by atoms with E-state index in [2.05, 4.69) is 35.9 Å². The molecule has 5 nitrogen and oxygen atoms in total. The molecule has 0 spiro atoms. The van der Waals surface area contributed by atoms with Crippen LogP contribution in [-0.4, -0.2) is 34.7 Å². The predicted octanol–water partition coefficient (Wildman–Crippen LogP) is 4.26. The van der Waals surface area contributed by atoms with Gasteiger partial charge in [-0.05, 0) is 51.5 Å². The van der Waals surface area contributed by atoms with Crippen LogP contribution >= 0.6 is 0 Å². The molecular weight excluding hydrogens is 364 g/mol. The molecule has 0 aliphatic rings. The van der Waals surface area contributed by atoms with Crippen molar-refractivity contribution in [2.45, 2.75) is 46.4 Å². The molecule has 0 fully saturated rings. The first-order valence-corrected chi connectivity index (χ1v) is 10.1. The zero-order chi connectivity index (χ0) is 21.0. The van der Waals surface area contributed by atoms with Crippen molar-refractivity contribution in [1.29, 1.82) is 0 Å². The third-order valence-corrected chi connectivity index (χ3v) is 5.36. The number of carbonyl (C=O) groups excluding carboxylic acids is 1. The predicted molar refractivity (Wildman–Crippen MR) is 117 cm³/mol. The van der Waals surface area contributed by atoms with Gasteiger partial charge in [0.25, 0.3) is 0 Å². The molecule has 1 aromatic heterocycles. The maximum atomic E-state index is 12.2. The number of ketones is 1. The van der Waals surface area contributed by atoms with Gasteiger partial charge < -0.3 is 19.7 Å². The van der Waals surface area contributed by atoms with E-state index < -0.39 is 6.10 Å². The van der Waals surface area contributed by atoms with Crippen LogP contribution in [-0.2, 0) is 6.54 Å². The van der Waals surface area contributed by atoms with Gasteiger partial charge in [-0.25, -0.2) is 0 Å². The molecule has 0 saturated heterocycles. The Balaban J connectivity index is 1.64. The Bertz CT molecular complexity index is 979. The smallest absolute Gasteiger partial charge is 0.162 e. The number of Topliss-reactive ketones (excluding diaryl/α,β-unsaturated/α-hetero) is 1. The minimum absolute atomic E-state index is 0.0518. The molecule has 2 aromatic carbocycles. The molecule has 0 radical (unpaired) electrons. The number of nitrogens with one attached hydrogen (secondary N) is 1. The molecule has 29 heavy (non-hydrogen) atoms. The normalized spacial score (nSPS) is 13.4. The van der Waals surface area contributed by atoms with Gasteiger partial charge in [0.2, 0.25) is 0 Å². The largest absolute Gasteiger partial charge is 0.491 e. The van der Waals surface area contributed by atoms with Crippen LogP contribution in [0.25, 0.3) is 10.9 Å². The summed E-state index contributed by atoms with van der Waals surface area (Å²) in [5, 5.41) is 14.5. The average Bonchev–Trinajstić information content (AvgIpc) is 3.01. The Morgan fingerprint density at radius 1 is 1.21 bits per heavy atom. The quantitative estimate of drug-likeness (QED) is 0.532. The van der Waals surface area contributed by atoms with Crippen molar-refractivity contribution in [3.63, 3.8) is 0 Å². The van der Waals surface area contributed by atoms with E-state index in [1.54, 1.807) is 6.92 Å². The lowest BCUT2D eigenvalue weighted by Gasteiger charge is -2.18. The van der Waals surface area contributed by atoms with Gasteiger partial charge in [-0.2, -0.15) is 0 Å². The SMILES string of the molecule is CCn1c(C)c(C(C)=O)c2cc(OC[C@H](O)CN[C@@H](C)c3ccccc3)ccc21. The van der Waals surface area contributed by atoms with E-state index in [9.17, 15) is 9.90 Å². The number of ether oxygens (including phenoxy) is 1. The molecule has 3 rings (SSSR count). The highest BCUT2D eigenvalue weighted by Gasteiger charge is 2.17. The number of nitrogens with zero attached hydrogens (tertiary/aromatic N) is 1. The molecule has 0 amide bonds. The lowest BCUT2D eigenvalue weighted by Crippen LogP contribution is -2.33. The molecule has 1 heterocycles. The highest BCUT2D eigenvalue weighted by molar-refractivity contribution is 6.08. The maximum absolute atomic E-state index is 12.2. The van der Waals surface area contributed by atoms with E-state index in [-0.39, 0.29) is 18.4 Å². The summed E-state index contributed by atoms with van der Waals surface area (Å²) in [6, 6.07) is 16.1. The summed E-state index contributed by atoms with van der Waals surface area (Å²) in [6.45, 7) is 9.13. The molecule has 5 heteroatoms. The molecule has 2 N–H and O–H groups in total. The van der Waals surface area contributed by atoms with E-state index in [0.717, 1.165) is 28.7 Å². The number of aromatic nitrogens is 1. The third-order valence-electron chi connectivity index (χ3n) is 5.36. The van der Waals surface area contributed by atoms with Crippen molar-refractivity contribution in [2.24, 2.45) is 0 Å². The first kappa shape index (κ1) is 21.1. The summed E-state index contributed by atoms with van der Waals surface area (Å²) in [4.78, 5) is 12.2. The van der Waals surface area contributed by atoms with Gasteiger partial charge in [-0.1, -0.05) is 30.3 Å². The molecule has 0 saturated carbocycles. The minimum Gasteiger partial charge on any atom is -0.491 e. The third kappa shape index (κ3) is 4.69. The van der Waals surface area contributed by atoms with Crippen molar-refractivity contribution in [1.82, 2.24) is 9.88 Å². The van der Waals surface area contributed by atoms with Crippen LogP contribution in [0.15, 0.2) is 48.5 Å². The fraction of sp³-hybridized carbons (Fsp3) is 0.375. The van der Waals surface area contributed by atoms with Gasteiger partial charge in [0.05, 0.1) is 0 Å². The second-order valence-electron chi connectivity index (χ2n) is 7.45. The molecular formula is C24H30N2O3. The summed E-state index contributed by atoms with van der Waals surface area (Å²) in [5.41, 5.74) is 3.93. The molecule has 0 aliphatic carbocycles. The zero-order valence-electron chi connectivity index (χ0n) is 17.6. The molecule has 0 aliphatic heterocycles. The van der Waals surface area contributed by atoms with Crippen LogP contribution in [0.1, 0.15) is 48.4 Å². The number of carbonyl (C=O) groups is 1. The fourth-order valence-electron chi connectivity index (χ4n) is 3.83. The summed E-state index contributed by atoms with van der Waals surface area (Å²) >= 11 is 0. The van der Waals surface area contributed by atoms with Gasteiger partial charge in [-0.3, -0.25) is 4.79 Å². The van der Waals surface area contributed by atoms with Crippen LogP contribution in [0.3, 0.4) is 0 Å². The second-order valence-corrected chi connectivity index (χ2v) is 7.45. The van der Waals surface area contributed by atoms with Gasteiger partial charge in [0, 0.05) is 41.3 Å². The lowest BCUT2D eigenvalue weighted by molar-refractivity contribution is 0.101. The maximum Gasteiger partial charge on any atom is 0.162 e. The number of rotatable bonds is 9. The van der Waals surface area contributed by atoms with Crippen molar-refractivity contribution >= 4 is 16.7 Å². The first-order chi connectivity index (χ1) is 13.9. The number of benzene rings is 2. The molecule has 3 aromatic rings. The van der Waals surface area contributed by atoms with Crippen molar-refractivity contribution in [3.05, 3.63) is 65.4 Å². The summed E-state index contributed by atoms with van der Waals surface area (Å²) in [5.74, 6) is 0.708. The van der Waals surface area contributed by atoms with E-state index in [1.807, 2.05) is 43.3 Å². The van der Waals surface area contributed by atoms with Crippen molar-refractivity contribution in [2.75, 3.05) is 13.2 Å². The van der Waals surface area contributed by atoms with Crippen LogP contribution in [0.2, 0.25) is 0 Å². The fourth-order valence-corrected chi connectivity index (χ4v) is 3.83. The summed E-state index contributed by atoms with van der Waals surface area (Å²) in [7, 11) is 0. The minimum atomic E-state index is -0.633. The van der Waals surface area contributed by atoms with Gasteiger partial charge in [0.15, 0.2) is 5.78 Å². The number of fused-ring (bicyclic) bond motifs is 1. The number of hydrogen-bond acceptors (Lipinski definition) is 4. The number of aliphatic hydroxyl groups is 1. The molecule has 154 valence electrons. The number of hydrogen-bond donors (Lipinski definition) is 2. The van der Waals surface area contributed by atoms with E-state index in [4.69, 9.17) is 4.74 Å². The van der Waals surface area contributed by atoms with E-state index >= 15 is 0 Å². The second kappa shape index (κ2) is 9.25. The Hall–Kier alpha value is -2.63. The van der Waals surface area contributed by atoms with Crippen molar-refractivity contribution < 1.29 is 14.6 Å². The molecule has 0 bridgehead atoms. The Labute approximate surface area is 172 Å². The Morgan fingerprint density at radius 3 is 2.59 bits per heavy atom. The summed E-state index contributed by atoms with van der Waals surface area (Å²) in [6.07, 6.45) is -0.633. The van der Waals surface area contributed by atoms with E-state index in [0.29, 0.717) is 12.3 Å². The standard InChI is InChI=1S/C24H30N2O3/c1-5-26-17(3)24(18(4)27)22-13-21(11-12-23(22)26)29-15-20(28)14-25-16(2)19-9-7-6-8-10-19/h6-13,16,20,25,28H,5,14-15H2,1-4H3/t16-,20+/m0/s1. The van der Waals surface area contributed by atoms with Crippen molar-refractivity contribution in [3.8, 4) is 5.75 Å². The van der Waals surface area contributed by atoms with Crippen LogP contribution in [0, 0.1) is 6.92 Å². The highest BCUT2D eigenvalue weighted by atomic mass is 16.5. The summed E-state index contributed by atoms with van der Waals surface area (Å²) < 4.78 is 7.96. The van der Waals surface area contributed by atoms with Crippen LogP contribution < -0.4 is 10.1 Å². The van der Waals surface area contributed by atoms with Crippen LogP contribution in [0.4, 0.5) is 0 Å². The first-order valence-electron chi connectivity index (χ1n) is 10.1. The topological polar surface area (TPSA) is 63.5 Å². The molecule has 0 unspecified atom stereocenters. The van der Waals surface area contributed by atoms with Crippen LogP contribution in [0.5, 0.6) is 5.75 Å². The molecule has 2 atom stereocenters. The van der Waals surface area contributed by atoms with Gasteiger partial charge in [-0.15, -0.1) is 0 Å².